The van der Waals surface area contributed by atoms with E-state index in [0.29, 0.717) is 12.1 Å². The van der Waals surface area contributed by atoms with Crippen LogP contribution in [0.2, 0.25) is 0 Å². The number of ether oxygens (including phenoxy) is 1. The number of nitrogens with two attached hydrogens (primary N) is 2. The van der Waals surface area contributed by atoms with Crippen LogP contribution in [0.15, 0.2) is 0 Å². The summed E-state index contributed by atoms with van der Waals surface area (Å²) in [4.78, 5) is 17.0. The molecule has 10 N–H and O–H groups in total. The van der Waals surface area contributed by atoms with E-state index in [4.69, 9.17) is 26.4 Å². The molecule has 11 nitrogen and oxygen atoms in total. The predicted molar refractivity (Wildman–Crippen MR) is 109 cm³/mol. The molecule has 1 heterocycles. The molecule has 2 saturated carbocycles. The van der Waals surface area contributed by atoms with Crippen molar-refractivity contribution in [2.45, 2.75) is 107 Å². The standard InChI is InChI=1S/2C6H13N.C6H13O9P/c2*7-6-4-2-1-3-5-6;7-1-2-3(8)4(9)5(10)6(14-2)15-16(11,12)13/h2*6H,1-5,7H2;2-10H,1H2,(H2,11,12,13). The monoisotopic (exact) mass is 458 g/mol. The van der Waals surface area contributed by atoms with E-state index in [1.165, 1.54) is 64.2 Å². The minimum atomic E-state index is -4.91. The lowest BCUT2D eigenvalue weighted by Gasteiger charge is -2.39. The molecule has 0 aromatic rings. The highest BCUT2D eigenvalue weighted by Gasteiger charge is 2.46. The highest BCUT2D eigenvalue weighted by molar-refractivity contribution is 7.46. The maximum absolute atomic E-state index is 10.5. The van der Waals surface area contributed by atoms with Crippen LogP contribution in [-0.2, 0) is 13.8 Å². The summed E-state index contributed by atoms with van der Waals surface area (Å²) in [6.45, 7) is -0.702. The van der Waals surface area contributed by atoms with E-state index in [2.05, 4.69) is 9.26 Å². The van der Waals surface area contributed by atoms with Crippen molar-refractivity contribution in [3.8, 4) is 0 Å². The summed E-state index contributed by atoms with van der Waals surface area (Å²) in [5.41, 5.74) is 11.3. The van der Waals surface area contributed by atoms with Crippen LogP contribution in [-0.4, -0.2) is 79.6 Å². The molecule has 12 heteroatoms. The average molecular weight is 458 g/mol. The molecule has 0 aromatic heterocycles. The lowest BCUT2D eigenvalue weighted by atomic mass is 9.97. The Balaban J connectivity index is 0.000000263. The van der Waals surface area contributed by atoms with E-state index >= 15 is 0 Å². The Labute approximate surface area is 177 Å². The Morgan fingerprint density at radius 2 is 1.23 bits per heavy atom. The van der Waals surface area contributed by atoms with E-state index in [1.807, 2.05) is 0 Å². The van der Waals surface area contributed by atoms with Crippen LogP contribution in [0.5, 0.6) is 0 Å². The van der Waals surface area contributed by atoms with Gasteiger partial charge in [-0.15, -0.1) is 0 Å². The molecule has 1 aliphatic heterocycles. The van der Waals surface area contributed by atoms with Gasteiger partial charge in [0.05, 0.1) is 6.61 Å². The topological polar surface area (TPSA) is 209 Å². The SMILES string of the molecule is NC1CCCCC1.NC1CCCCC1.O=P(O)(O)OC1OC(CO)C(O)C(O)C1O. The zero-order valence-corrected chi connectivity index (χ0v) is 18.2. The quantitative estimate of drug-likeness (QED) is 0.252. The molecule has 180 valence electrons. The van der Waals surface area contributed by atoms with Crippen LogP contribution >= 0.6 is 7.82 Å². The summed E-state index contributed by atoms with van der Waals surface area (Å²) in [6, 6.07) is 1.07. The molecular weight excluding hydrogens is 419 g/mol. The van der Waals surface area contributed by atoms with Gasteiger partial charge in [0.1, 0.15) is 24.4 Å². The largest absolute Gasteiger partial charge is 0.472 e. The van der Waals surface area contributed by atoms with Crippen molar-refractivity contribution in [3.05, 3.63) is 0 Å². The van der Waals surface area contributed by atoms with Gasteiger partial charge in [-0.1, -0.05) is 38.5 Å². The highest BCUT2D eigenvalue weighted by Crippen LogP contribution is 2.40. The van der Waals surface area contributed by atoms with Crippen molar-refractivity contribution in [2.24, 2.45) is 11.5 Å². The molecule has 5 unspecified atom stereocenters. The third-order valence-electron chi connectivity index (χ3n) is 5.39. The summed E-state index contributed by atoms with van der Waals surface area (Å²) in [7, 11) is -4.91. The Morgan fingerprint density at radius 3 is 1.53 bits per heavy atom. The number of aliphatic hydroxyl groups is 4. The summed E-state index contributed by atoms with van der Waals surface area (Å²) >= 11 is 0. The fourth-order valence-corrected chi connectivity index (χ4v) is 4.00. The number of aliphatic hydroxyl groups excluding tert-OH is 4. The van der Waals surface area contributed by atoms with Gasteiger partial charge in [-0.3, -0.25) is 4.52 Å². The molecule has 0 bridgehead atoms. The Bertz CT molecular complexity index is 480. The molecule has 3 fully saturated rings. The van der Waals surface area contributed by atoms with Crippen molar-refractivity contribution >= 4 is 7.82 Å². The zero-order chi connectivity index (χ0) is 22.7. The van der Waals surface area contributed by atoms with E-state index < -0.39 is 45.1 Å². The van der Waals surface area contributed by atoms with Gasteiger partial charge in [0, 0.05) is 12.1 Å². The second-order valence-corrected chi connectivity index (χ2v) is 9.28. The summed E-state index contributed by atoms with van der Waals surface area (Å²) < 4.78 is 19.2. The first-order valence-electron chi connectivity index (χ1n) is 10.6. The molecule has 0 amide bonds. The van der Waals surface area contributed by atoms with Gasteiger partial charge in [0.15, 0.2) is 6.29 Å². The van der Waals surface area contributed by atoms with Gasteiger partial charge in [-0.25, -0.2) is 4.57 Å². The first kappa shape index (κ1) is 27.9. The van der Waals surface area contributed by atoms with Gasteiger partial charge >= 0.3 is 7.82 Å². The number of phosphoric acid groups is 1. The van der Waals surface area contributed by atoms with Crippen molar-refractivity contribution < 1.29 is 44.0 Å². The fraction of sp³-hybridized carbons (Fsp3) is 1.00. The van der Waals surface area contributed by atoms with Crippen LogP contribution in [0.25, 0.3) is 0 Å². The minimum Gasteiger partial charge on any atom is -0.394 e. The molecule has 0 aromatic carbocycles. The number of hydrogen-bond acceptors (Lipinski definition) is 9. The van der Waals surface area contributed by atoms with E-state index in [0.717, 1.165) is 0 Å². The highest BCUT2D eigenvalue weighted by atomic mass is 31.2. The average Bonchev–Trinajstić information content (AvgIpc) is 2.70. The van der Waals surface area contributed by atoms with Gasteiger partial charge in [0.2, 0.25) is 0 Å². The van der Waals surface area contributed by atoms with Gasteiger partial charge < -0.3 is 46.4 Å². The minimum absolute atomic E-state index is 0.536. The van der Waals surface area contributed by atoms with Gasteiger partial charge in [-0.05, 0) is 25.7 Å². The third-order valence-corrected chi connectivity index (χ3v) is 5.87. The lowest BCUT2D eigenvalue weighted by molar-refractivity contribution is -0.280. The smallest absolute Gasteiger partial charge is 0.394 e. The molecule has 0 radical (unpaired) electrons. The van der Waals surface area contributed by atoms with Crippen LogP contribution < -0.4 is 11.5 Å². The predicted octanol–water partition coefficient (Wildman–Crippen LogP) is -0.549. The molecule has 0 spiro atoms. The summed E-state index contributed by atoms with van der Waals surface area (Å²) in [6.07, 6.45) is 5.07. The Morgan fingerprint density at radius 1 is 0.800 bits per heavy atom. The first-order chi connectivity index (χ1) is 14.0. The lowest BCUT2D eigenvalue weighted by Crippen LogP contribution is -2.58. The van der Waals surface area contributed by atoms with Crippen LogP contribution in [0.1, 0.15) is 64.2 Å². The van der Waals surface area contributed by atoms with Crippen molar-refractivity contribution in [2.75, 3.05) is 6.61 Å². The second kappa shape index (κ2) is 14.1. The van der Waals surface area contributed by atoms with Crippen molar-refractivity contribution in [1.29, 1.82) is 0 Å². The first-order valence-corrected chi connectivity index (χ1v) is 12.1. The second-order valence-electron chi connectivity index (χ2n) is 8.09. The molecular formula is C18H39N2O9P. The van der Waals surface area contributed by atoms with E-state index in [-0.39, 0.29) is 0 Å². The molecule has 2 aliphatic carbocycles. The fourth-order valence-electron chi connectivity index (χ4n) is 3.56. The number of hydrogen-bond donors (Lipinski definition) is 8. The number of rotatable bonds is 3. The van der Waals surface area contributed by atoms with Crippen molar-refractivity contribution in [1.82, 2.24) is 0 Å². The Hall–Kier alpha value is -0.170. The van der Waals surface area contributed by atoms with Crippen LogP contribution in [0, 0.1) is 0 Å². The van der Waals surface area contributed by atoms with Gasteiger partial charge in [0.25, 0.3) is 0 Å². The van der Waals surface area contributed by atoms with E-state index in [1.54, 1.807) is 0 Å². The maximum atomic E-state index is 10.5. The summed E-state index contributed by atoms with van der Waals surface area (Å²) in [5.74, 6) is 0. The molecule has 30 heavy (non-hydrogen) atoms. The van der Waals surface area contributed by atoms with Gasteiger partial charge in [-0.2, -0.15) is 0 Å². The molecule has 5 atom stereocenters. The number of phosphoric ester groups is 1. The Kier molecular flexibility index (Phi) is 13.1. The van der Waals surface area contributed by atoms with Crippen LogP contribution in [0.4, 0.5) is 0 Å². The maximum Gasteiger partial charge on any atom is 0.472 e. The molecule has 3 aliphatic rings. The molecule has 1 saturated heterocycles. The zero-order valence-electron chi connectivity index (χ0n) is 17.3. The summed E-state index contributed by atoms with van der Waals surface area (Å²) in [5, 5.41) is 36.6. The third kappa shape index (κ3) is 10.9. The van der Waals surface area contributed by atoms with E-state index in [9.17, 15) is 19.9 Å². The van der Waals surface area contributed by atoms with Crippen molar-refractivity contribution in [3.63, 3.8) is 0 Å². The van der Waals surface area contributed by atoms with Crippen LogP contribution in [0.3, 0.4) is 0 Å². The normalized spacial score (nSPS) is 33.7. The molecule has 3 rings (SSSR count).